The Kier molecular flexibility index (Phi) is 6.10. The first-order chi connectivity index (χ1) is 13.6. The Morgan fingerprint density at radius 2 is 1.54 bits per heavy atom. The highest BCUT2D eigenvalue weighted by atomic mass is 35.5. The van der Waals surface area contributed by atoms with E-state index in [1.165, 1.54) is 43.1 Å². The van der Waals surface area contributed by atoms with Gasteiger partial charge in [-0.05, 0) is 43.8 Å². The van der Waals surface area contributed by atoms with Gasteiger partial charge in [0.05, 0.1) is 11.4 Å². The van der Waals surface area contributed by atoms with Gasteiger partial charge in [-0.15, -0.1) is 0 Å². The molecule has 5 heteroatoms. The topological polar surface area (TPSA) is 13.0 Å². The van der Waals surface area contributed by atoms with Crippen molar-refractivity contribution in [2.24, 2.45) is 0 Å². The highest BCUT2D eigenvalue weighted by Gasteiger charge is 2.26. The van der Waals surface area contributed by atoms with Crippen molar-refractivity contribution in [1.29, 1.82) is 0 Å². The zero-order chi connectivity index (χ0) is 19.5. The lowest BCUT2D eigenvalue weighted by atomic mass is 10.1. The van der Waals surface area contributed by atoms with Crippen molar-refractivity contribution >= 4 is 23.0 Å². The second kappa shape index (κ2) is 8.73. The highest BCUT2D eigenvalue weighted by molar-refractivity contribution is 6.30. The Labute approximate surface area is 174 Å². The van der Waals surface area contributed by atoms with Gasteiger partial charge in [0.1, 0.15) is 0 Å². The van der Waals surface area contributed by atoms with Gasteiger partial charge in [-0.2, -0.15) is 0 Å². The van der Waals surface area contributed by atoms with Crippen LogP contribution < -0.4 is 9.80 Å². The molecule has 1 atom stereocenters. The first-order valence-corrected chi connectivity index (χ1v) is 10.7. The van der Waals surface area contributed by atoms with Crippen LogP contribution in [0.2, 0.25) is 5.02 Å². The van der Waals surface area contributed by atoms with Crippen molar-refractivity contribution in [1.82, 2.24) is 9.80 Å². The van der Waals surface area contributed by atoms with E-state index < -0.39 is 0 Å². The molecule has 150 valence electrons. The van der Waals surface area contributed by atoms with Crippen molar-refractivity contribution in [3.8, 4) is 0 Å². The Morgan fingerprint density at radius 3 is 2.25 bits per heavy atom. The van der Waals surface area contributed by atoms with Crippen LogP contribution in [0.15, 0.2) is 48.5 Å². The predicted octanol–water partition coefficient (Wildman–Crippen LogP) is 3.80. The number of anilines is 2. The molecule has 0 spiro atoms. The van der Waals surface area contributed by atoms with Crippen molar-refractivity contribution < 1.29 is 0 Å². The minimum atomic E-state index is 0.571. The number of likely N-dealkylation sites (N-methyl/N-ethyl adjacent to an activating group) is 1. The van der Waals surface area contributed by atoms with E-state index in [1.807, 2.05) is 12.1 Å². The van der Waals surface area contributed by atoms with E-state index in [1.54, 1.807) is 0 Å². The minimum absolute atomic E-state index is 0.571. The predicted molar refractivity (Wildman–Crippen MR) is 120 cm³/mol. The number of halogens is 1. The van der Waals surface area contributed by atoms with Crippen molar-refractivity contribution in [2.45, 2.75) is 19.5 Å². The van der Waals surface area contributed by atoms with E-state index in [0.29, 0.717) is 6.04 Å². The van der Waals surface area contributed by atoms with Gasteiger partial charge in [0.25, 0.3) is 0 Å². The van der Waals surface area contributed by atoms with Crippen LogP contribution in [0.1, 0.15) is 12.5 Å². The maximum absolute atomic E-state index is 6.19. The molecule has 4 rings (SSSR count). The summed E-state index contributed by atoms with van der Waals surface area (Å²) in [7, 11) is 2.22. The standard InChI is InChI=1S/C23H31ClN4/c1-19(26-12-10-25(2)11-13-26)17-27-14-15-28(23-9-4-3-8-22(23)27)18-20-6-5-7-21(24)16-20/h3-9,16,19H,10-15,17-18H2,1-2H3. The van der Waals surface area contributed by atoms with E-state index in [2.05, 4.69) is 70.0 Å². The fourth-order valence-corrected chi connectivity index (χ4v) is 4.60. The molecular formula is C23H31ClN4. The molecule has 1 saturated heterocycles. The Morgan fingerprint density at radius 1 is 0.857 bits per heavy atom. The summed E-state index contributed by atoms with van der Waals surface area (Å²) in [4.78, 5) is 10.1. The van der Waals surface area contributed by atoms with Crippen LogP contribution in [0.25, 0.3) is 0 Å². The molecule has 4 nitrogen and oxygen atoms in total. The summed E-state index contributed by atoms with van der Waals surface area (Å²) in [5, 5.41) is 0.811. The lowest BCUT2D eigenvalue weighted by Crippen LogP contribution is -2.52. The van der Waals surface area contributed by atoms with Crippen molar-refractivity contribution in [2.75, 3.05) is 62.7 Å². The van der Waals surface area contributed by atoms with Crippen LogP contribution in [0.5, 0.6) is 0 Å². The molecule has 1 unspecified atom stereocenters. The number of nitrogens with zero attached hydrogens (tertiary/aromatic N) is 4. The maximum Gasteiger partial charge on any atom is 0.0607 e. The largest absolute Gasteiger partial charge is 0.367 e. The molecule has 2 aliphatic heterocycles. The molecule has 2 aromatic rings. The third-order valence-electron chi connectivity index (χ3n) is 6.11. The zero-order valence-corrected chi connectivity index (χ0v) is 17.8. The molecule has 0 radical (unpaired) electrons. The quantitative estimate of drug-likeness (QED) is 0.759. The van der Waals surface area contributed by atoms with Crippen LogP contribution in [0.3, 0.4) is 0 Å². The van der Waals surface area contributed by atoms with E-state index in [4.69, 9.17) is 11.6 Å². The first kappa shape index (κ1) is 19.6. The van der Waals surface area contributed by atoms with E-state index in [9.17, 15) is 0 Å². The number of hydrogen-bond acceptors (Lipinski definition) is 4. The summed E-state index contributed by atoms with van der Waals surface area (Å²) in [6.45, 7) is 11.2. The maximum atomic E-state index is 6.19. The average Bonchev–Trinajstić information content (AvgIpc) is 2.70. The number of fused-ring (bicyclic) bond motifs is 1. The third-order valence-corrected chi connectivity index (χ3v) is 6.35. The molecule has 0 bridgehead atoms. The monoisotopic (exact) mass is 398 g/mol. The summed E-state index contributed by atoms with van der Waals surface area (Å²) in [5.41, 5.74) is 3.96. The third kappa shape index (κ3) is 4.45. The Balaban J connectivity index is 1.46. The summed E-state index contributed by atoms with van der Waals surface area (Å²) in [5.74, 6) is 0. The van der Waals surface area contributed by atoms with Crippen LogP contribution >= 0.6 is 11.6 Å². The molecular weight excluding hydrogens is 368 g/mol. The number of hydrogen-bond donors (Lipinski definition) is 0. The molecule has 28 heavy (non-hydrogen) atoms. The van der Waals surface area contributed by atoms with Gasteiger partial charge in [-0.25, -0.2) is 0 Å². The molecule has 1 fully saturated rings. The summed E-state index contributed by atoms with van der Waals surface area (Å²) >= 11 is 6.19. The zero-order valence-electron chi connectivity index (χ0n) is 17.0. The van der Waals surface area contributed by atoms with Gasteiger partial charge in [0.15, 0.2) is 0 Å². The molecule has 2 aliphatic rings. The molecule has 0 saturated carbocycles. The number of para-hydroxylation sites is 2. The molecule has 0 N–H and O–H groups in total. The molecule has 2 aromatic carbocycles. The first-order valence-electron chi connectivity index (χ1n) is 10.4. The van der Waals surface area contributed by atoms with E-state index in [-0.39, 0.29) is 0 Å². The lowest BCUT2D eigenvalue weighted by molar-refractivity contribution is 0.121. The second-order valence-corrected chi connectivity index (χ2v) is 8.61. The number of benzene rings is 2. The van der Waals surface area contributed by atoms with Crippen LogP contribution in [-0.2, 0) is 6.54 Å². The average molecular weight is 399 g/mol. The second-order valence-electron chi connectivity index (χ2n) is 8.17. The number of rotatable bonds is 5. The van der Waals surface area contributed by atoms with Crippen LogP contribution in [-0.4, -0.2) is 68.7 Å². The normalized spacial score (nSPS) is 19.5. The van der Waals surface area contributed by atoms with Crippen LogP contribution in [0.4, 0.5) is 11.4 Å². The summed E-state index contributed by atoms with van der Waals surface area (Å²) in [6, 6.07) is 17.6. The summed E-state index contributed by atoms with van der Waals surface area (Å²) in [6.07, 6.45) is 0. The Bertz CT molecular complexity index is 788. The fourth-order valence-electron chi connectivity index (χ4n) is 4.39. The van der Waals surface area contributed by atoms with E-state index >= 15 is 0 Å². The minimum Gasteiger partial charge on any atom is -0.367 e. The molecule has 0 amide bonds. The van der Waals surface area contributed by atoms with Gasteiger partial charge in [0.2, 0.25) is 0 Å². The summed E-state index contributed by atoms with van der Waals surface area (Å²) < 4.78 is 0. The van der Waals surface area contributed by atoms with Gasteiger partial charge >= 0.3 is 0 Å². The van der Waals surface area contributed by atoms with Gasteiger partial charge in [-0.1, -0.05) is 35.9 Å². The fraction of sp³-hybridized carbons (Fsp3) is 0.478. The van der Waals surface area contributed by atoms with E-state index in [0.717, 1.165) is 31.2 Å². The molecule has 2 heterocycles. The highest BCUT2D eigenvalue weighted by Crippen LogP contribution is 2.34. The number of piperazine rings is 1. The SMILES string of the molecule is CC(CN1CCN(Cc2cccc(Cl)c2)c2ccccc21)N1CCN(C)CC1. The molecule has 0 aromatic heterocycles. The van der Waals surface area contributed by atoms with Crippen molar-refractivity contribution in [3.05, 3.63) is 59.1 Å². The lowest BCUT2D eigenvalue weighted by Gasteiger charge is -2.43. The Hall–Kier alpha value is -1.75. The smallest absolute Gasteiger partial charge is 0.0607 e. The van der Waals surface area contributed by atoms with Crippen molar-refractivity contribution in [3.63, 3.8) is 0 Å². The van der Waals surface area contributed by atoms with Gasteiger partial charge in [0, 0.05) is 63.4 Å². The van der Waals surface area contributed by atoms with Crippen LogP contribution in [0, 0.1) is 0 Å². The van der Waals surface area contributed by atoms with Gasteiger partial charge in [-0.3, -0.25) is 4.90 Å². The van der Waals surface area contributed by atoms with Gasteiger partial charge < -0.3 is 14.7 Å². The molecule has 0 aliphatic carbocycles.